The van der Waals surface area contributed by atoms with Gasteiger partial charge in [-0.15, -0.1) is 10.2 Å². The Balaban J connectivity index is 1.46. The Morgan fingerprint density at radius 1 is 1.33 bits per heavy atom. The van der Waals surface area contributed by atoms with Crippen molar-refractivity contribution in [3.05, 3.63) is 5.82 Å². The van der Waals surface area contributed by atoms with Crippen LogP contribution in [0.15, 0.2) is 5.16 Å². The SMILES string of the molecule is O=C(CSc1nnc2n1CCCCC2)NC[C@H]1CCCO1. The van der Waals surface area contributed by atoms with Gasteiger partial charge >= 0.3 is 0 Å². The zero-order valence-corrected chi connectivity index (χ0v) is 13.0. The summed E-state index contributed by atoms with van der Waals surface area (Å²) < 4.78 is 7.67. The zero-order valence-electron chi connectivity index (χ0n) is 12.2. The lowest BCUT2D eigenvalue weighted by molar-refractivity contribution is -0.119. The predicted octanol–water partition coefficient (Wildman–Crippen LogP) is 1.39. The second-order valence-corrected chi connectivity index (χ2v) is 6.53. The van der Waals surface area contributed by atoms with E-state index in [4.69, 9.17) is 4.74 Å². The number of carbonyl (C=O) groups excluding carboxylic acids is 1. The molecule has 3 rings (SSSR count). The van der Waals surface area contributed by atoms with Gasteiger partial charge in [0, 0.05) is 26.1 Å². The maximum absolute atomic E-state index is 11.9. The molecule has 6 nitrogen and oxygen atoms in total. The summed E-state index contributed by atoms with van der Waals surface area (Å²) in [6.07, 6.45) is 6.94. The van der Waals surface area contributed by atoms with Crippen LogP contribution in [0.3, 0.4) is 0 Å². The number of amides is 1. The predicted molar refractivity (Wildman–Crippen MR) is 80.3 cm³/mol. The summed E-state index contributed by atoms with van der Waals surface area (Å²) in [4.78, 5) is 11.9. The number of thioether (sulfide) groups is 1. The highest BCUT2D eigenvalue weighted by Gasteiger charge is 2.18. The third-order valence-corrected chi connectivity index (χ3v) is 4.93. The normalized spacial score (nSPS) is 21.8. The smallest absolute Gasteiger partial charge is 0.230 e. The van der Waals surface area contributed by atoms with Crippen LogP contribution in [0, 0.1) is 0 Å². The van der Waals surface area contributed by atoms with Gasteiger partial charge in [0.15, 0.2) is 5.16 Å². The molecule has 0 radical (unpaired) electrons. The molecule has 1 amide bonds. The molecule has 1 aromatic rings. The fraction of sp³-hybridized carbons (Fsp3) is 0.786. The van der Waals surface area contributed by atoms with Gasteiger partial charge in [0.05, 0.1) is 11.9 Å². The molecule has 116 valence electrons. The lowest BCUT2D eigenvalue weighted by Gasteiger charge is -2.10. The van der Waals surface area contributed by atoms with Crippen LogP contribution in [-0.4, -0.2) is 45.7 Å². The number of nitrogens with zero attached hydrogens (tertiary/aromatic N) is 3. The molecule has 0 aliphatic carbocycles. The number of ether oxygens (including phenoxy) is 1. The summed E-state index contributed by atoms with van der Waals surface area (Å²) >= 11 is 1.48. The van der Waals surface area contributed by atoms with Gasteiger partial charge in [-0.25, -0.2) is 0 Å². The largest absolute Gasteiger partial charge is 0.376 e. The minimum absolute atomic E-state index is 0.0430. The standard InChI is InChI=1S/C14H22N4O2S/c19-13(15-9-11-5-4-8-20-11)10-21-14-17-16-12-6-2-1-3-7-18(12)14/h11H,1-10H2,(H,15,19)/t11-/m1/s1. The Morgan fingerprint density at radius 2 is 2.29 bits per heavy atom. The lowest BCUT2D eigenvalue weighted by Crippen LogP contribution is -2.32. The minimum atomic E-state index is 0.0430. The third kappa shape index (κ3) is 3.97. The van der Waals surface area contributed by atoms with E-state index in [0.29, 0.717) is 12.3 Å². The van der Waals surface area contributed by atoms with E-state index in [1.54, 1.807) is 0 Å². The molecule has 3 heterocycles. The first kappa shape index (κ1) is 14.8. The maximum Gasteiger partial charge on any atom is 0.230 e. The van der Waals surface area contributed by atoms with E-state index in [0.717, 1.165) is 43.4 Å². The average molecular weight is 310 g/mol. The van der Waals surface area contributed by atoms with E-state index < -0.39 is 0 Å². The first-order chi connectivity index (χ1) is 10.3. The van der Waals surface area contributed by atoms with Crippen LogP contribution >= 0.6 is 11.8 Å². The van der Waals surface area contributed by atoms with Gasteiger partial charge < -0.3 is 14.6 Å². The van der Waals surface area contributed by atoms with E-state index in [-0.39, 0.29) is 12.0 Å². The van der Waals surface area contributed by atoms with E-state index in [2.05, 4.69) is 20.1 Å². The van der Waals surface area contributed by atoms with Crippen LogP contribution < -0.4 is 5.32 Å². The second-order valence-electron chi connectivity index (χ2n) is 5.59. The Hall–Kier alpha value is -1.08. The van der Waals surface area contributed by atoms with Gasteiger partial charge in [-0.1, -0.05) is 18.2 Å². The number of aryl methyl sites for hydroxylation is 1. The van der Waals surface area contributed by atoms with E-state index in [1.807, 2.05) is 0 Å². The fourth-order valence-corrected chi connectivity index (χ4v) is 3.59. The van der Waals surface area contributed by atoms with Gasteiger partial charge in [-0.2, -0.15) is 0 Å². The van der Waals surface area contributed by atoms with Crippen molar-refractivity contribution in [1.82, 2.24) is 20.1 Å². The maximum atomic E-state index is 11.9. The molecule has 2 aliphatic heterocycles. The molecule has 21 heavy (non-hydrogen) atoms. The quantitative estimate of drug-likeness (QED) is 0.832. The Bertz CT molecular complexity index is 485. The van der Waals surface area contributed by atoms with Crippen LogP contribution in [0.4, 0.5) is 0 Å². The van der Waals surface area contributed by atoms with Gasteiger partial charge in [-0.3, -0.25) is 4.79 Å². The van der Waals surface area contributed by atoms with Crippen molar-refractivity contribution in [2.75, 3.05) is 18.9 Å². The highest BCUT2D eigenvalue weighted by atomic mass is 32.2. The number of hydrogen-bond donors (Lipinski definition) is 1. The van der Waals surface area contributed by atoms with Crippen molar-refractivity contribution >= 4 is 17.7 Å². The summed E-state index contributed by atoms with van der Waals surface area (Å²) in [5.41, 5.74) is 0. The molecular weight excluding hydrogens is 288 g/mol. The first-order valence-electron chi connectivity index (χ1n) is 7.76. The van der Waals surface area contributed by atoms with E-state index in [9.17, 15) is 4.79 Å². The van der Waals surface area contributed by atoms with Crippen molar-refractivity contribution in [1.29, 1.82) is 0 Å². The molecule has 0 spiro atoms. The van der Waals surface area contributed by atoms with Crippen LogP contribution in [0.5, 0.6) is 0 Å². The highest BCUT2D eigenvalue weighted by molar-refractivity contribution is 7.99. The van der Waals surface area contributed by atoms with Gasteiger partial charge in [0.1, 0.15) is 5.82 Å². The molecule has 2 aliphatic rings. The first-order valence-corrected chi connectivity index (χ1v) is 8.74. The molecule has 1 atom stereocenters. The number of nitrogens with one attached hydrogen (secondary N) is 1. The molecule has 0 saturated carbocycles. The van der Waals surface area contributed by atoms with E-state index >= 15 is 0 Å². The number of carbonyl (C=O) groups is 1. The van der Waals surface area contributed by atoms with Gasteiger partial charge in [-0.05, 0) is 25.7 Å². The summed E-state index contributed by atoms with van der Waals surface area (Å²) in [6.45, 7) is 2.42. The van der Waals surface area contributed by atoms with Crippen LogP contribution in [-0.2, 0) is 22.5 Å². The molecule has 1 aromatic heterocycles. The third-order valence-electron chi connectivity index (χ3n) is 3.96. The van der Waals surface area contributed by atoms with Crippen LogP contribution in [0.2, 0.25) is 0 Å². The molecule has 0 bridgehead atoms. The Morgan fingerprint density at radius 3 is 3.14 bits per heavy atom. The van der Waals surface area contributed by atoms with Gasteiger partial charge in [0.2, 0.25) is 5.91 Å². The van der Waals surface area contributed by atoms with Gasteiger partial charge in [0.25, 0.3) is 0 Å². The topological polar surface area (TPSA) is 69.0 Å². The van der Waals surface area contributed by atoms with Crippen molar-refractivity contribution in [3.8, 4) is 0 Å². The molecule has 1 fully saturated rings. The van der Waals surface area contributed by atoms with Crippen LogP contribution in [0.25, 0.3) is 0 Å². The molecule has 0 aromatic carbocycles. The Kier molecular flexibility index (Phi) is 5.13. The minimum Gasteiger partial charge on any atom is -0.376 e. The molecular formula is C14H22N4O2S. The summed E-state index contributed by atoms with van der Waals surface area (Å²) in [7, 11) is 0. The molecule has 1 saturated heterocycles. The highest BCUT2D eigenvalue weighted by Crippen LogP contribution is 2.21. The average Bonchev–Trinajstić information content (AvgIpc) is 3.08. The number of aromatic nitrogens is 3. The van der Waals surface area contributed by atoms with Crippen molar-refractivity contribution in [2.24, 2.45) is 0 Å². The summed E-state index contributed by atoms with van der Waals surface area (Å²) in [6, 6.07) is 0. The van der Waals surface area contributed by atoms with Crippen LogP contribution in [0.1, 0.15) is 37.9 Å². The Labute approximate surface area is 129 Å². The number of hydrogen-bond acceptors (Lipinski definition) is 5. The molecule has 7 heteroatoms. The second kappa shape index (κ2) is 7.26. The lowest BCUT2D eigenvalue weighted by atomic mass is 10.2. The van der Waals surface area contributed by atoms with Crippen molar-refractivity contribution in [3.63, 3.8) is 0 Å². The van der Waals surface area contributed by atoms with Crippen molar-refractivity contribution < 1.29 is 9.53 Å². The van der Waals surface area contributed by atoms with E-state index in [1.165, 1.54) is 31.0 Å². The number of fused-ring (bicyclic) bond motifs is 1. The summed E-state index contributed by atoms with van der Waals surface area (Å²) in [5, 5.41) is 12.3. The molecule has 0 unspecified atom stereocenters. The zero-order chi connectivity index (χ0) is 14.5. The monoisotopic (exact) mass is 310 g/mol. The number of rotatable bonds is 5. The summed E-state index contributed by atoms with van der Waals surface area (Å²) in [5.74, 6) is 1.50. The fourth-order valence-electron chi connectivity index (χ4n) is 2.78. The van der Waals surface area contributed by atoms with Crippen molar-refractivity contribution in [2.45, 2.75) is 56.3 Å². The molecule has 1 N–H and O–H groups in total.